The van der Waals surface area contributed by atoms with Gasteiger partial charge in [0, 0.05) is 31.2 Å². The van der Waals surface area contributed by atoms with E-state index in [4.69, 9.17) is 6.58 Å². The molecule has 0 radical (unpaired) electrons. The molecule has 5 aliphatic carbocycles. The Morgan fingerprint density at radius 2 is 1.58 bits per heavy atom. The van der Waals surface area contributed by atoms with Crippen molar-refractivity contribution in [1.82, 2.24) is 10.2 Å². The van der Waals surface area contributed by atoms with Crippen LogP contribution in [0.5, 0.6) is 0 Å². The van der Waals surface area contributed by atoms with Crippen LogP contribution in [0.25, 0.3) is 5.57 Å². The molecule has 2 heteroatoms. The molecule has 9 atom stereocenters. The highest BCUT2D eigenvalue weighted by molar-refractivity contribution is 5.71. The molecule has 9 unspecified atom stereocenters. The van der Waals surface area contributed by atoms with Gasteiger partial charge in [0.05, 0.1) is 0 Å². The van der Waals surface area contributed by atoms with Crippen molar-refractivity contribution in [3.05, 3.63) is 53.6 Å². The van der Waals surface area contributed by atoms with Crippen LogP contribution in [0, 0.1) is 57.2 Å². The predicted octanol–water partition coefficient (Wildman–Crippen LogP) is 12.7. The van der Waals surface area contributed by atoms with Crippen molar-refractivity contribution in [2.75, 3.05) is 19.6 Å². The molecular weight excluding hydrogens is 605 g/mol. The average Bonchev–Trinajstić information content (AvgIpc) is 3.46. The first-order chi connectivity index (χ1) is 23.3. The second-order valence-electron chi connectivity index (χ2n) is 21.3. The number of fused-ring (bicyclic) bond motifs is 7. The summed E-state index contributed by atoms with van der Waals surface area (Å²) in [5.41, 5.74) is 7.89. The van der Waals surface area contributed by atoms with E-state index in [0.717, 1.165) is 18.4 Å². The van der Waals surface area contributed by atoms with Crippen LogP contribution in [-0.2, 0) is 0 Å². The van der Waals surface area contributed by atoms with Crippen molar-refractivity contribution in [3.63, 3.8) is 0 Å². The Bertz CT molecular complexity index is 1430. The molecule has 0 aromatic heterocycles. The van der Waals surface area contributed by atoms with E-state index in [-0.39, 0.29) is 16.4 Å². The Morgan fingerprint density at radius 3 is 2.22 bits per heavy atom. The molecule has 4 fully saturated rings. The topological polar surface area (TPSA) is 15.3 Å². The van der Waals surface area contributed by atoms with Crippen LogP contribution >= 0.6 is 0 Å². The second kappa shape index (κ2) is 13.2. The SMILES string of the molecule is C=C(C)C12CCC3(C)C4(C)CC=C(c5ccc(C)cc5)C(C)(C)C4CCC3(C)C1CCC1(NCCN(CC(C)(C)C)C(C)CCC)CCCC12. The van der Waals surface area contributed by atoms with Gasteiger partial charge in [-0.25, -0.2) is 0 Å². The molecule has 0 spiro atoms. The molecular formula is C48H78N2. The van der Waals surface area contributed by atoms with Crippen molar-refractivity contribution in [3.8, 4) is 0 Å². The highest BCUT2D eigenvalue weighted by atomic mass is 15.2. The molecule has 1 aromatic rings. The van der Waals surface area contributed by atoms with Crippen LogP contribution in [0.1, 0.15) is 164 Å². The van der Waals surface area contributed by atoms with E-state index in [1.54, 1.807) is 5.57 Å². The summed E-state index contributed by atoms with van der Waals surface area (Å²) in [4.78, 5) is 2.80. The van der Waals surface area contributed by atoms with Crippen molar-refractivity contribution >= 4 is 5.57 Å². The Kier molecular flexibility index (Phi) is 10.1. The van der Waals surface area contributed by atoms with Crippen molar-refractivity contribution in [1.29, 1.82) is 0 Å². The summed E-state index contributed by atoms with van der Waals surface area (Å²) in [6.07, 6.45) is 18.8. The quantitative estimate of drug-likeness (QED) is 0.247. The third-order valence-electron chi connectivity index (χ3n) is 17.3. The smallest absolute Gasteiger partial charge is 0.0218 e. The first-order valence-electron chi connectivity index (χ1n) is 21.2. The molecule has 0 saturated heterocycles. The maximum absolute atomic E-state index is 4.96. The van der Waals surface area contributed by atoms with Crippen LogP contribution in [0.2, 0.25) is 0 Å². The third-order valence-corrected chi connectivity index (χ3v) is 17.3. The molecule has 0 amide bonds. The molecule has 50 heavy (non-hydrogen) atoms. The zero-order valence-electron chi connectivity index (χ0n) is 35.0. The lowest BCUT2D eigenvalue weighted by molar-refractivity contribution is -0.248. The molecule has 280 valence electrons. The van der Waals surface area contributed by atoms with Crippen molar-refractivity contribution < 1.29 is 0 Å². The summed E-state index contributed by atoms with van der Waals surface area (Å²) in [6.45, 7) is 38.7. The fraction of sp³-hybridized carbons (Fsp3) is 0.792. The lowest BCUT2D eigenvalue weighted by Gasteiger charge is -2.76. The Balaban J connectivity index is 1.29. The molecule has 1 N–H and O–H groups in total. The number of allylic oxidation sites excluding steroid dienone is 3. The number of nitrogens with zero attached hydrogens (tertiary/aromatic N) is 1. The maximum Gasteiger partial charge on any atom is 0.0218 e. The molecule has 4 saturated carbocycles. The van der Waals surface area contributed by atoms with Gasteiger partial charge in [0.15, 0.2) is 0 Å². The van der Waals surface area contributed by atoms with E-state index >= 15 is 0 Å². The molecule has 0 heterocycles. The summed E-state index contributed by atoms with van der Waals surface area (Å²) < 4.78 is 0. The van der Waals surface area contributed by atoms with E-state index in [1.807, 2.05) is 0 Å². The molecule has 0 aliphatic heterocycles. The minimum Gasteiger partial charge on any atom is -0.310 e. The minimum atomic E-state index is 0.169. The van der Waals surface area contributed by atoms with Gasteiger partial charge in [-0.2, -0.15) is 0 Å². The van der Waals surface area contributed by atoms with Gasteiger partial charge in [-0.05, 0) is 146 Å². The molecule has 2 nitrogen and oxygen atoms in total. The molecule has 5 aliphatic rings. The van der Waals surface area contributed by atoms with Crippen molar-refractivity contribution in [2.24, 2.45) is 50.2 Å². The van der Waals surface area contributed by atoms with Gasteiger partial charge >= 0.3 is 0 Å². The van der Waals surface area contributed by atoms with E-state index < -0.39 is 0 Å². The maximum atomic E-state index is 4.96. The second-order valence-corrected chi connectivity index (χ2v) is 21.3. The van der Waals surface area contributed by atoms with Crippen LogP contribution < -0.4 is 5.32 Å². The number of hydrogen-bond donors (Lipinski definition) is 1. The predicted molar refractivity (Wildman–Crippen MR) is 217 cm³/mol. The standard InChI is InChI=1S/C48H78N2/c1-14-16-36(5)50(33-42(6,7)8)32-31-49-47-25-15-17-41(47)48(34(2)3)30-29-46(13)44(11)26-22-38(37-20-18-35(4)19-21-37)43(9,10)39(44)23-27-45(46,12)40(48)24-28-47/h18-22,36,39-41,49H,2,14-17,23-33H2,1,3-13H3. The average molecular weight is 683 g/mol. The van der Waals surface area contributed by atoms with Crippen LogP contribution in [-0.4, -0.2) is 36.1 Å². The van der Waals surface area contributed by atoms with E-state index in [2.05, 4.69) is 124 Å². The van der Waals surface area contributed by atoms with Gasteiger partial charge in [-0.3, -0.25) is 4.90 Å². The summed E-state index contributed by atoms with van der Waals surface area (Å²) in [5, 5.41) is 4.41. The van der Waals surface area contributed by atoms with E-state index in [9.17, 15) is 0 Å². The molecule has 6 rings (SSSR count). The minimum absolute atomic E-state index is 0.169. The number of nitrogens with one attached hydrogen (secondary N) is 1. The fourth-order valence-electron chi connectivity index (χ4n) is 14.7. The van der Waals surface area contributed by atoms with Gasteiger partial charge < -0.3 is 5.32 Å². The molecule has 0 bridgehead atoms. The number of rotatable bonds is 10. The molecule has 1 aromatic carbocycles. The summed E-state index contributed by atoms with van der Waals surface area (Å²) in [7, 11) is 0. The van der Waals surface area contributed by atoms with Gasteiger partial charge in [0.1, 0.15) is 0 Å². The van der Waals surface area contributed by atoms with E-state index in [0.29, 0.717) is 33.6 Å². The fourth-order valence-corrected chi connectivity index (χ4v) is 14.7. The van der Waals surface area contributed by atoms with Crippen LogP contribution in [0.3, 0.4) is 0 Å². The van der Waals surface area contributed by atoms with E-state index in [1.165, 1.54) is 107 Å². The zero-order chi connectivity index (χ0) is 36.5. The summed E-state index contributed by atoms with van der Waals surface area (Å²) in [6, 6.07) is 10.1. The zero-order valence-corrected chi connectivity index (χ0v) is 35.0. The lowest BCUT2D eigenvalue weighted by Crippen LogP contribution is -2.71. The summed E-state index contributed by atoms with van der Waals surface area (Å²) in [5.74, 6) is 2.15. The Labute approximate surface area is 310 Å². The van der Waals surface area contributed by atoms with Crippen LogP contribution in [0.15, 0.2) is 42.5 Å². The normalized spacial score (nSPS) is 39.9. The summed E-state index contributed by atoms with van der Waals surface area (Å²) >= 11 is 0. The van der Waals surface area contributed by atoms with Crippen molar-refractivity contribution in [2.45, 2.75) is 172 Å². The highest BCUT2D eigenvalue weighted by Gasteiger charge is 2.74. The number of hydrogen-bond acceptors (Lipinski definition) is 2. The van der Waals surface area contributed by atoms with Gasteiger partial charge in [0.25, 0.3) is 0 Å². The number of benzene rings is 1. The van der Waals surface area contributed by atoms with Crippen LogP contribution in [0.4, 0.5) is 0 Å². The monoisotopic (exact) mass is 683 g/mol. The Hall–Kier alpha value is -1.38. The van der Waals surface area contributed by atoms with Gasteiger partial charge in [-0.15, -0.1) is 0 Å². The Morgan fingerprint density at radius 1 is 0.900 bits per heavy atom. The number of aryl methyl sites for hydroxylation is 1. The lowest BCUT2D eigenvalue weighted by atomic mass is 9.29. The van der Waals surface area contributed by atoms with Gasteiger partial charge in [0.2, 0.25) is 0 Å². The first kappa shape index (κ1) is 38.3. The van der Waals surface area contributed by atoms with Gasteiger partial charge in [-0.1, -0.05) is 123 Å². The highest BCUT2D eigenvalue weighted by Crippen LogP contribution is 2.80. The largest absolute Gasteiger partial charge is 0.310 e. The third kappa shape index (κ3) is 5.77. The first-order valence-corrected chi connectivity index (χ1v) is 21.2.